The predicted octanol–water partition coefficient (Wildman–Crippen LogP) is 3.43. The maximum Gasteiger partial charge on any atom is 0.144 e. The van der Waals surface area contributed by atoms with Crippen LogP contribution in [0.4, 0.5) is 4.39 Å². The maximum absolute atomic E-state index is 13.3. The molecule has 0 aliphatic carbocycles. The van der Waals surface area contributed by atoms with Crippen molar-refractivity contribution in [3.05, 3.63) is 58.1 Å². The third-order valence-electron chi connectivity index (χ3n) is 2.23. The minimum atomic E-state index is -0.581. The number of nitrogens with zero attached hydrogens (tertiary/aromatic N) is 2. The Morgan fingerprint density at radius 1 is 1.33 bits per heavy atom. The summed E-state index contributed by atoms with van der Waals surface area (Å²) >= 11 is 3.30. The molecular weight excluding hydrogens is 299 g/mol. The summed E-state index contributed by atoms with van der Waals surface area (Å²) in [5, 5.41) is 8.60. The zero-order valence-corrected chi connectivity index (χ0v) is 10.8. The van der Waals surface area contributed by atoms with E-state index in [-0.39, 0.29) is 12.2 Å². The minimum Gasteiger partial charge on any atom is -0.489 e. The van der Waals surface area contributed by atoms with Gasteiger partial charge in [0.15, 0.2) is 0 Å². The van der Waals surface area contributed by atoms with Gasteiger partial charge in [-0.25, -0.2) is 4.39 Å². The number of ether oxygens (including phenoxy) is 1. The summed E-state index contributed by atoms with van der Waals surface area (Å²) in [6.07, 6.45) is 3.34. The molecule has 0 bridgehead atoms. The van der Waals surface area contributed by atoms with Crippen LogP contribution in [0.25, 0.3) is 0 Å². The van der Waals surface area contributed by atoms with Crippen molar-refractivity contribution in [1.29, 1.82) is 5.26 Å². The molecule has 0 N–H and O–H groups in total. The van der Waals surface area contributed by atoms with Crippen LogP contribution in [0.2, 0.25) is 0 Å². The number of aromatic nitrogens is 1. The highest BCUT2D eigenvalue weighted by Crippen LogP contribution is 2.18. The lowest BCUT2D eigenvalue weighted by atomic mass is 10.2. The SMILES string of the molecule is N#Cc1ccc(OCc2cncc(Br)c2)cc1F. The van der Waals surface area contributed by atoms with E-state index < -0.39 is 5.82 Å². The summed E-state index contributed by atoms with van der Waals surface area (Å²) < 4.78 is 19.6. The summed E-state index contributed by atoms with van der Waals surface area (Å²) in [5.74, 6) is -0.200. The van der Waals surface area contributed by atoms with Crippen molar-refractivity contribution in [3.63, 3.8) is 0 Å². The Morgan fingerprint density at radius 2 is 2.17 bits per heavy atom. The van der Waals surface area contributed by atoms with Crippen LogP contribution in [0.5, 0.6) is 5.75 Å². The number of hydrogen-bond donors (Lipinski definition) is 0. The van der Waals surface area contributed by atoms with Gasteiger partial charge in [-0.15, -0.1) is 0 Å². The molecule has 1 aromatic carbocycles. The van der Waals surface area contributed by atoms with Gasteiger partial charge in [-0.3, -0.25) is 4.98 Å². The van der Waals surface area contributed by atoms with Crippen LogP contribution in [-0.4, -0.2) is 4.98 Å². The van der Waals surface area contributed by atoms with Crippen LogP contribution in [0.15, 0.2) is 41.1 Å². The molecule has 5 heteroatoms. The van der Waals surface area contributed by atoms with Crippen molar-refractivity contribution in [2.75, 3.05) is 0 Å². The Balaban J connectivity index is 2.07. The molecule has 18 heavy (non-hydrogen) atoms. The van der Waals surface area contributed by atoms with Gasteiger partial charge in [0.2, 0.25) is 0 Å². The lowest BCUT2D eigenvalue weighted by Crippen LogP contribution is -1.97. The van der Waals surface area contributed by atoms with Crippen molar-refractivity contribution >= 4 is 15.9 Å². The van der Waals surface area contributed by atoms with Crippen molar-refractivity contribution in [3.8, 4) is 11.8 Å². The first-order valence-electron chi connectivity index (χ1n) is 5.11. The summed E-state index contributed by atoms with van der Waals surface area (Å²) in [7, 11) is 0. The van der Waals surface area contributed by atoms with Gasteiger partial charge < -0.3 is 4.74 Å². The van der Waals surface area contributed by atoms with Crippen LogP contribution in [0.3, 0.4) is 0 Å². The number of rotatable bonds is 3. The maximum atomic E-state index is 13.3. The van der Waals surface area contributed by atoms with E-state index in [9.17, 15) is 4.39 Å². The van der Waals surface area contributed by atoms with E-state index in [1.165, 1.54) is 12.1 Å². The highest BCUT2D eigenvalue weighted by molar-refractivity contribution is 9.10. The molecule has 2 rings (SSSR count). The third-order valence-corrected chi connectivity index (χ3v) is 2.66. The van der Waals surface area contributed by atoms with Crippen molar-refractivity contribution in [1.82, 2.24) is 4.98 Å². The monoisotopic (exact) mass is 306 g/mol. The topological polar surface area (TPSA) is 45.9 Å². The first-order valence-corrected chi connectivity index (χ1v) is 5.90. The molecule has 0 atom stereocenters. The quantitative estimate of drug-likeness (QED) is 0.872. The Labute approximate surface area is 112 Å². The lowest BCUT2D eigenvalue weighted by molar-refractivity contribution is 0.304. The molecular formula is C13H8BrFN2O. The molecule has 0 radical (unpaired) electrons. The van der Waals surface area contributed by atoms with E-state index >= 15 is 0 Å². The Morgan fingerprint density at radius 3 is 2.83 bits per heavy atom. The van der Waals surface area contributed by atoms with E-state index in [1.807, 2.05) is 6.07 Å². The van der Waals surface area contributed by atoms with E-state index in [0.29, 0.717) is 5.75 Å². The number of hydrogen-bond acceptors (Lipinski definition) is 3. The standard InChI is InChI=1S/C13H8BrFN2O/c14-11-3-9(6-17-7-11)8-18-12-2-1-10(5-16)13(15)4-12/h1-4,6-7H,8H2. The highest BCUT2D eigenvalue weighted by Gasteiger charge is 2.04. The molecule has 1 aromatic heterocycles. The van der Waals surface area contributed by atoms with Crippen LogP contribution in [0, 0.1) is 17.1 Å². The van der Waals surface area contributed by atoms with Gasteiger partial charge in [-0.1, -0.05) is 0 Å². The summed E-state index contributed by atoms with van der Waals surface area (Å²) in [6.45, 7) is 0.289. The number of pyridine rings is 1. The molecule has 0 aliphatic rings. The molecule has 0 aliphatic heterocycles. The van der Waals surface area contributed by atoms with Gasteiger partial charge in [0.05, 0.1) is 5.56 Å². The smallest absolute Gasteiger partial charge is 0.144 e. The normalized spacial score (nSPS) is 9.83. The average Bonchev–Trinajstić information content (AvgIpc) is 2.37. The summed E-state index contributed by atoms with van der Waals surface area (Å²) in [6, 6.07) is 7.78. The number of halogens is 2. The number of benzene rings is 1. The molecule has 2 aromatic rings. The Bertz CT molecular complexity index is 610. The molecule has 0 unspecified atom stereocenters. The minimum absolute atomic E-state index is 0.00599. The lowest BCUT2D eigenvalue weighted by Gasteiger charge is -2.06. The van der Waals surface area contributed by atoms with Gasteiger partial charge in [-0.2, -0.15) is 5.26 Å². The first-order chi connectivity index (χ1) is 8.69. The molecule has 0 amide bonds. The zero-order chi connectivity index (χ0) is 13.0. The van der Waals surface area contributed by atoms with E-state index in [0.717, 1.165) is 10.0 Å². The first kappa shape index (κ1) is 12.5. The molecule has 0 saturated carbocycles. The average molecular weight is 307 g/mol. The molecule has 0 fully saturated rings. The van der Waals surface area contributed by atoms with E-state index in [2.05, 4.69) is 20.9 Å². The molecule has 90 valence electrons. The van der Waals surface area contributed by atoms with Crippen molar-refractivity contribution in [2.45, 2.75) is 6.61 Å². The molecule has 3 nitrogen and oxygen atoms in total. The van der Waals surface area contributed by atoms with Crippen molar-refractivity contribution < 1.29 is 9.13 Å². The fourth-order valence-electron chi connectivity index (χ4n) is 1.38. The second-order valence-electron chi connectivity index (χ2n) is 3.55. The predicted molar refractivity (Wildman–Crippen MR) is 67.4 cm³/mol. The van der Waals surface area contributed by atoms with Gasteiger partial charge in [-0.05, 0) is 34.1 Å². The molecule has 1 heterocycles. The van der Waals surface area contributed by atoms with Gasteiger partial charge in [0, 0.05) is 28.5 Å². The van der Waals surface area contributed by atoms with Crippen LogP contribution >= 0.6 is 15.9 Å². The fraction of sp³-hybridized carbons (Fsp3) is 0.0769. The summed E-state index contributed by atoms with van der Waals surface area (Å²) in [5.41, 5.74) is 0.876. The molecule has 0 saturated heterocycles. The molecule has 0 spiro atoms. The zero-order valence-electron chi connectivity index (χ0n) is 9.23. The van der Waals surface area contributed by atoms with E-state index in [4.69, 9.17) is 10.00 Å². The van der Waals surface area contributed by atoms with Gasteiger partial charge in [0.1, 0.15) is 24.2 Å². The largest absolute Gasteiger partial charge is 0.489 e. The van der Waals surface area contributed by atoms with Gasteiger partial charge >= 0.3 is 0 Å². The third kappa shape index (κ3) is 3.05. The summed E-state index contributed by atoms with van der Waals surface area (Å²) in [4.78, 5) is 4.00. The van der Waals surface area contributed by atoms with Crippen molar-refractivity contribution in [2.24, 2.45) is 0 Å². The Hall–Kier alpha value is -1.93. The number of nitriles is 1. The van der Waals surface area contributed by atoms with Gasteiger partial charge in [0.25, 0.3) is 0 Å². The van der Waals surface area contributed by atoms with Crippen LogP contribution in [0.1, 0.15) is 11.1 Å². The Kier molecular flexibility index (Phi) is 3.90. The van der Waals surface area contributed by atoms with E-state index in [1.54, 1.807) is 24.5 Å². The second kappa shape index (κ2) is 5.61. The fourth-order valence-corrected chi connectivity index (χ4v) is 1.79. The second-order valence-corrected chi connectivity index (χ2v) is 4.47. The van der Waals surface area contributed by atoms with Crippen LogP contribution in [-0.2, 0) is 6.61 Å². The highest BCUT2D eigenvalue weighted by atomic mass is 79.9. The van der Waals surface area contributed by atoms with Crippen LogP contribution < -0.4 is 4.74 Å².